The van der Waals surface area contributed by atoms with Gasteiger partial charge in [-0.15, -0.1) is 0 Å². The largest absolute Gasteiger partial charge is 0.497 e. The van der Waals surface area contributed by atoms with Crippen molar-refractivity contribution in [3.63, 3.8) is 0 Å². The summed E-state index contributed by atoms with van der Waals surface area (Å²) >= 11 is 1.23. The van der Waals surface area contributed by atoms with Crippen molar-refractivity contribution in [2.75, 3.05) is 37.2 Å². The van der Waals surface area contributed by atoms with Crippen LogP contribution in [0.5, 0.6) is 5.75 Å². The lowest BCUT2D eigenvalue weighted by molar-refractivity contribution is 0.0997. The average Bonchev–Trinajstić information content (AvgIpc) is 2.87. The lowest BCUT2D eigenvalue weighted by atomic mass is 10.2. The average molecular weight is 292 g/mol. The van der Waals surface area contributed by atoms with E-state index in [1.54, 1.807) is 27.3 Å². The summed E-state index contributed by atoms with van der Waals surface area (Å²) in [7, 11) is 5.01. The quantitative estimate of drug-likeness (QED) is 0.901. The minimum Gasteiger partial charge on any atom is -0.497 e. The summed E-state index contributed by atoms with van der Waals surface area (Å²) in [5, 5.41) is 3.49. The zero-order chi connectivity index (χ0) is 14.7. The maximum Gasteiger partial charge on any atom is 0.272 e. The summed E-state index contributed by atoms with van der Waals surface area (Å²) in [6.45, 7) is 0. The van der Waals surface area contributed by atoms with E-state index in [9.17, 15) is 4.79 Å². The molecule has 106 valence electrons. The lowest BCUT2D eigenvalue weighted by Crippen LogP contribution is -2.26. The molecule has 0 saturated carbocycles. The van der Waals surface area contributed by atoms with E-state index < -0.39 is 0 Å². The maximum atomic E-state index is 12.4. The van der Waals surface area contributed by atoms with E-state index in [0.29, 0.717) is 15.8 Å². The van der Waals surface area contributed by atoms with Gasteiger partial charge in [0, 0.05) is 25.8 Å². The van der Waals surface area contributed by atoms with Crippen LogP contribution in [0.1, 0.15) is 9.67 Å². The monoisotopic (exact) mass is 292 g/mol. The number of nitrogens with zero attached hydrogens (tertiary/aromatic N) is 2. The Balaban J connectivity index is 2.29. The zero-order valence-corrected chi connectivity index (χ0v) is 12.3. The second-order valence-electron chi connectivity index (χ2n) is 4.05. The minimum atomic E-state index is -0.199. The van der Waals surface area contributed by atoms with Gasteiger partial charge in [-0.25, -0.2) is 4.98 Å². The molecular formula is C13H16N4O2S. The third kappa shape index (κ3) is 2.67. The van der Waals surface area contributed by atoms with Crippen LogP contribution >= 0.6 is 11.3 Å². The fourth-order valence-electron chi connectivity index (χ4n) is 1.68. The van der Waals surface area contributed by atoms with Gasteiger partial charge < -0.3 is 20.7 Å². The molecule has 7 heteroatoms. The van der Waals surface area contributed by atoms with Crippen molar-refractivity contribution in [3.05, 3.63) is 29.1 Å². The third-order valence-corrected chi connectivity index (χ3v) is 3.88. The second-order valence-corrected chi connectivity index (χ2v) is 5.05. The third-order valence-electron chi connectivity index (χ3n) is 2.81. The number of anilines is 3. The standard InChI is InChI=1S/C13H16N4O2S/c1-15-13-16-11(14)10(20-13)12(18)17(2)8-5-4-6-9(7-8)19-3/h4-7H,14H2,1-3H3,(H,15,16). The summed E-state index contributed by atoms with van der Waals surface area (Å²) < 4.78 is 5.15. The van der Waals surface area contributed by atoms with Gasteiger partial charge in [-0.3, -0.25) is 4.79 Å². The fourth-order valence-corrected chi connectivity index (χ4v) is 2.49. The van der Waals surface area contributed by atoms with Crippen LogP contribution in [0.15, 0.2) is 24.3 Å². The molecule has 3 N–H and O–H groups in total. The van der Waals surface area contributed by atoms with Crippen LogP contribution in [0.3, 0.4) is 0 Å². The molecule has 6 nitrogen and oxygen atoms in total. The molecule has 0 aliphatic heterocycles. The number of aromatic nitrogens is 1. The van der Waals surface area contributed by atoms with E-state index in [2.05, 4.69) is 10.3 Å². The topological polar surface area (TPSA) is 80.5 Å². The first-order valence-electron chi connectivity index (χ1n) is 5.93. The molecule has 0 saturated heterocycles. The number of nitrogens with two attached hydrogens (primary N) is 1. The summed E-state index contributed by atoms with van der Waals surface area (Å²) in [4.78, 5) is 18.5. The van der Waals surface area contributed by atoms with Gasteiger partial charge in [0.1, 0.15) is 16.4 Å². The molecule has 0 atom stereocenters. The molecule has 0 spiro atoms. The molecule has 0 unspecified atom stereocenters. The molecule has 2 rings (SSSR count). The predicted octanol–water partition coefficient (Wildman–Crippen LogP) is 2.05. The van der Waals surface area contributed by atoms with Crippen LogP contribution in [0.4, 0.5) is 16.6 Å². The van der Waals surface area contributed by atoms with Gasteiger partial charge >= 0.3 is 0 Å². The first-order chi connectivity index (χ1) is 9.56. The van der Waals surface area contributed by atoms with Gasteiger partial charge in [0.2, 0.25) is 0 Å². The Morgan fingerprint density at radius 1 is 1.50 bits per heavy atom. The number of amides is 1. The highest BCUT2D eigenvalue weighted by atomic mass is 32.1. The number of benzene rings is 1. The Labute approximate surface area is 121 Å². The number of thiazole rings is 1. The Bertz CT molecular complexity index is 627. The SMILES string of the molecule is CNc1nc(N)c(C(=O)N(C)c2cccc(OC)c2)s1. The molecule has 2 aromatic rings. The van der Waals surface area contributed by atoms with Crippen molar-refractivity contribution >= 4 is 33.9 Å². The van der Waals surface area contributed by atoms with Crippen molar-refractivity contribution in [3.8, 4) is 5.75 Å². The number of hydrogen-bond acceptors (Lipinski definition) is 6. The Hall–Kier alpha value is -2.28. The van der Waals surface area contributed by atoms with Gasteiger partial charge in [0.05, 0.1) is 7.11 Å². The highest BCUT2D eigenvalue weighted by molar-refractivity contribution is 7.18. The number of nitrogens with one attached hydrogen (secondary N) is 1. The van der Waals surface area contributed by atoms with Crippen molar-refractivity contribution in [2.24, 2.45) is 0 Å². The lowest BCUT2D eigenvalue weighted by Gasteiger charge is -2.17. The summed E-state index contributed by atoms with van der Waals surface area (Å²) in [6.07, 6.45) is 0. The number of rotatable bonds is 4. The van der Waals surface area contributed by atoms with E-state index in [1.165, 1.54) is 16.2 Å². The number of hydrogen-bond donors (Lipinski definition) is 2. The normalized spacial score (nSPS) is 10.2. The van der Waals surface area contributed by atoms with Crippen LogP contribution in [0.25, 0.3) is 0 Å². The van der Waals surface area contributed by atoms with Crippen LogP contribution in [-0.2, 0) is 0 Å². The first kappa shape index (κ1) is 14.1. The van der Waals surface area contributed by atoms with E-state index in [4.69, 9.17) is 10.5 Å². The van der Waals surface area contributed by atoms with Crippen LogP contribution < -0.4 is 20.7 Å². The number of ether oxygens (including phenoxy) is 1. The van der Waals surface area contributed by atoms with Crippen LogP contribution in [0, 0.1) is 0 Å². The van der Waals surface area contributed by atoms with Crippen molar-refractivity contribution in [2.45, 2.75) is 0 Å². The highest BCUT2D eigenvalue weighted by Crippen LogP contribution is 2.28. The Morgan fingerprint density at radius 2 is 2.25 bits per heavy atom. The predicted molar refractivity (Wildman–Crippen MR) is 81.8 cm³/mol. The van der Waals surface area contributed by atoms with Gasteiger partial charge in [0.15, 0.2) is 5.13 Å². The molecule has 0 aliphatic carbocycles. The van der Waals surface area contributed by atoms with E-state index in [1.807, 2.05) is 18.2 Å². The number of nitrogen functional groups attached to an aromatic ring is 1. The molecule has 0 bridgehead atoms. The molecule has 20 heavy (non-hydrogen) atoms. The molecular weight excluding hydrogens is 276 g/mol. The Morgan fingerprint density at radius 3 is 2.85 bits per heavy atom. The van der Waals surface area contributed by atoms with E-state index in [0.717, 1.165) is 5.69 Å². The van der Waals surface area contributed by atoms with Gasteiger partial charge in [-0.2, -0.15) is 0 Å². The second kappa shape index (κ2) is 5.79. The summed E-state index contributed by atoms with van der Waals surface area (Å²) in [5.41, 5.74) is 6.51. The molecule has 1 aromatic carbocycles. The zero-order valence-electron chi connectivity index (χ0n) is 11.5. The molecule has 1 amide bonds. The molecule has 1 heterocycles. The number of carbonyl (C=O) groups excluding carboxylic acids is 1. The number of methoxy groups -OCH3 is 1. The van der Waals surface area contributed by atoms with Crippen LogP contribution in [0.2, 0.25) is 0 Å². The fraction of sp³-hybridized carbons (Fsp3) is 0.231. The van der Waals surface area contributed by atoms with Crippen molar-refractivity contribution in [1.82, 2.24) is 4.98 Å². The Kier molecular flexibility index (Phi) is 4.09. The minimum absolute atomic E-state index is 0.199. The molecule has 0 aliphatic rings. The van der Waals surface area contributed by atoms with Gasteiger partial charge in [-0.05, 0) is 12.1 Å². The van der Waals surface area contributed by atoms with Crippen LogP contribution in [-0.4, -0.2) is 32.1 Å². The summed E-state index contributed by atoms with van der Waals surface area (Å²) in [5.74, 6) is 0.726. The van der Waals surface area contributed by atoms with Gasteiger partial charge in [0.25, 0.3) is 5.91 Å². The van der Waals surface area contributed by atoms with Crippen molar-refractivity contribution in [1.29, 1.82) is 0 Å². The summed E-state index contributed by atoms with van der Waals surface area (Å²) in [6, 6.07) is 7.26. The highest BCUT2D eigenvalue weighted by Gasteiger charge is 2.20. The molecule has 1 aromatic heterocycles. The van der Waals surface area contributed by atoms with E-state index >= 15 is 0 Å². The van der Waals surface area contributed by atoms with E-state index in [-0.39, 0.29) is 11.7 Å². The molecule has 0 radical (unpaired) electrons. The first-order valence-corrected chi connectivity index (χ1v) is 6.74. The van der Waals surface area contributed by atoms with Crippen molar-refractivity contribution < 1.29 is 9.53 Å². The molecule has 0 fully saturated rings. The number of carbonyl (C=O) groups is 1. The van der Waals surface area contributed by atoms with Gasteiger partial charge in [-0.1, -0.05) is 17.4 Å². The smallest absolute Gasteiger partial charge is 0.272 e. The maximum absolute atomic E-state index is 12.4.